The molecule has 126 valence electrons. The first kappa shape index (κ1) is 16.9. The molecule has 2 N–H and O–H groups in total. The average molecular weight is 334 g/mol. The summed E-state index contributed by atoms with van der Waals surface area (Å²) in [6.45, 7) is 1.82. The van der Waals surface area contributed by atoms with E-state index in [1.54, 1.807) is 6.92 Å². The van der Waals surface area contributed by atoms with E-state index in [4.69, 9.17) is 9.84 Å². The maximum absolute atomic E-state index is 12.0. The minimum absolute atomic E-state index is 0.0130. The molecule has 1 aromatic carbocycles. The molecule has 2 rings (SSSR count). The number of anilines is 1. The zero-order chi connectivity index (χ0) is 17.7. The Labute approximate surface area is 135 Å². The molecule has 2 aromatic rings. The number of ether oxygens (including phenoxy) is 1. The van der Waals surface area contributed by atoms with E-state index in [0.29, 0.717) is 12.4 Å². The van der Waals surface area contributed by atoms with Crippen LogP contribution in [0.1, 0.15) is 17.3 Å². The van der Waals surface area contributed by atoms with Crippen LogP contribution in [0.15, 0.2) is 30.6 Å². The Balaban J connectivity index is 2.12. The summed E-state index contributed by atoms with van der Waals surface area (Å²) in [6.07, 6.45) is 2.30. The first-order chi connectivity index (χ1) is 11.4. The molecule has 24 heavy (non-hydrogen) atoms. The van der Waals surface area contributed by atoms with Crippen LogP contribution in [-0.2, 0) is 11.3 Å². The molecule has 0 spiro atoms. The van der Waals surface area contributed by atoms with Crippen molar-refractivity contribution in [3.63, 3.8) is 0 Å². The highest BCUT2D eigenvalue weighted by Crippen LogP contribution is 2.29. The Kier molecular flexibility index (Phi) is 5.09. The topological polar surface area (TPSA) is 137 Å². The van der Waals surface area contributed by atoms with Crippen molar-refractivity contribution in [2.75, 3.05) is 11.9 Å². The van der Waals surface area contributed by atoms with Crippen molar-refractivity contribution < 1.29 is 24.4 Å². The van der Waals surface area contributed by atoms with E-state index in [0.717, 1.165) is 10.9 Å². The molecule has 10 heteroatoms. The highest BCUT2D eigenvalue weighted by Gasteiger charge is 2.18. The van der Waals surface area contributed by atoms with Gasteiger partial charge in [0.05, 0.1) is 29.4 Å². The van der Waals surface area contributed by atoms with E-state index in [2.05, 4.69) is 10.4 Å². The van der Waals surface area contributed by atoms with Crippen molar-refractivity contribution >= 4 is 23.3 Å². The highest BCUT2D eigenvalue weighted by molar-refractivity contribution is 5.93. The third-order valence-corrected chi connectivity index (χ3v) is 2.94. The maximum Gasteiger partial charge on any atom is 0.338 e. The van der Waals surface area contributed by atoms with Crippen molar-refractivity contribution in [2.45, 2.75) is 13.5 Å². The van der Waals surface area contributed by atoms with Gasteiger partial charge in [-0.15, -0.1) is 0 Å². The third kappa shape index (κ3) is 4.06. The minimum atomic E-state index is -1.16. The van der Waals surface area contributed by atoms with Gasteiger partial charge in [-0.25, -0.2) is 4.79 Å². The number of carboxylic acids is 1. The molecule has 0 saturated heterocycles. The van der Waals surface area contributed by atoms with Gasteiger partial charge in [0.25, 0.3) is 5.69 Å². The van der Waals surface area contributed by atoms with E-state index < -0.39 is 16.8 Å². The molecule has 0 saturated carbocycles. The van der Waals surface area contributed by atoms with Gasteiger partial charge in [0.15, 0.2) is 0 Å². The summed E-state index contributed by atoms with van der Waals surface area (Å²) in [5.74, 6) is -1.42. The number of hydrogen-bond acceptors (Lipinski definition) is 6. The van der Waals surface area contributed by atoms with Gasteiger partial charge in [0, 0.05) is 6.20 Å². The van der Waals surface area contributed by atoms with Crippen molar-refractivity contribution in [1.29, 1.82) is 0 Å². The summed E-state index contributed by atoms with van der Waals surface area (Å²) >= 11 is 0. The minimum Gasteiger partial charge on any atom is -0.494 e. The number of aromatic carboxylic acids is 1. The van der Waals surface area contributed by atoms with Crippen molar-refractivity contribution in [3.8, 4) is 5.75 Å². The Bertz CT molecular complexity index is 785. The second-order valence-electron chi connectivity index (χ2n) is 4.65. The maximum atomic E-state index is 12.0. The van der Waals surface area contributed by atoms with E-state index in [9.17, 15) is 19.7 Å². The lowest BCUT2D eigenvalue weighted by Gasteiger charge is -2.08. The predicted molar refractivity (Wildman–Crippen MR) is 82.1 cm³/mol. The van der Waals surface area contributed by atoms with Crippen LogP contribution in [0.2, 0.25) is 0 Å². The van der Waals surface area contributed by atoms with Crippen LogP contribution in [0.5, 0.6) is 5.75 Å². The molecule has 0 fully saturated rings. The first-order valence-electron chi connectivity index (χ1n) is 6.87. The molecule has 0 aliphatic rings. The van der Waals surface area contributed by atoms with Gasteiger partial charge >= 0.3 is 5.97 Å². The summed E-state index contributed by atoms with van der Waals surface area (Å²) in [7, 11) is 0. The lowest BCUT2D eigenvalue weighted by molar-refractivity contribution is -0.384. The van der Waals surface area contributed by atoms with Gasteiger partial charge in [0.2, 0.25) is 5.91 Å². The smallest absolute Gasteiger partial charge is 0.338 e. The molecule has 0 aliphatic heterocycles. The number of nitro groups is 1. The van der Waals surface area contributed by atoms with Crippen LogP contribution in [0, 0.1) is 10.1 Å². The van der Waals surface area contributed by atoms with Crippen LogP contribution in [0.3, 0.4) is 0 Å². The quantitative estimate of drug-likeness (QED) is 0.578. The van der Waals surface area contributed by atoms with Gasteiger partial charge in [-0.2, -0.15) is 5.10 Å². The lowest BCUT2D eigenvalue weighted by atomic mass is 10.2. The fourth-order valence-corrected chi connectivity index (χ4v) is 1.92. The number of aromatic nitrogens is 2. The zero-order valence-corrected chi connectivity index (χ0v) is 12.6. The standard InChI is InChI=1S/C14H14N4O6/c1-2-24-10-3-4-11(12(5-10)18(22)23)16-13(19)8-17-7-9(6-15-17)14(20)21/h3-7H,2,8H2,1H3,(H,16,19)(H,20,21). The van der Waals surface area contributed by atoms with E-state index >= 15 is 0 Å². The number of amides is 1. The molecule has 1 aromatic heterocycles. The summed E-state index contributed by atoms with van der Waals surface area (Å²) in [5.41, 5.74) is -0.352. The van der Waals surface area contributed by atoms with E-state index in [-0.39, 0.29) is 23.5 Å². The van der Waals surface area contributed by atoms with Crippen LogP contribution < -0.4 is 10.1 Å². The van der Waals surface area contributed by atoms with Crippen LogP contribution in [-0.4, -0.2) is 38.3 Å². The second kappa shape index (κ2) is 7.22. The molecular formula is C14H14N4O6. The number of nitro benzene ring substituents is 1. The predicted octanol–water partition coefficient (Wildman–Crippen LogP) is 1.53. The van der Waals surface area contributed by atoms with Crippen molar-refractivity contribution in [1.82, 2.24) is 9.78 Å². The molecule has 1 amide bonds. The molecule has 10 nitrogen and oxygen atoms in total. The molecule has 0 bridgehead atoms. The third-order valence-electron chi connectivity index (χ3n) is 2.94. The summed E-state index contributed by atoms with van der Waals surface area (Å²) in [6, 6.07) is 4.09. The monoisotopic (exact) mass is 334 g/mol. The van der Waals surface area contributed by atoms with Crippen LogP contribution in [0.4, 0.5) is 11.4 Å². The fraction of sp³-hybridized carbons (Fsp3) is 0.214. The average Bonchev–Trinajstić information content (AvgIpc) is 2.97. The second-order valence-corrected chi connectivity index (χ2v) is 4.65. The molecular weight excluding hydrogens is 320 g/mol. The van der Waals surface area contributed by atoms with E-state index in [1.807, 2.05) is 0 Å². The number of carbonyl (C=O) groups excluding carboxylic acids is 1. The first-order valence-corrected chi connectivity index (χ1v) is 6.87. The van der Waals surface area contributed by atoms with Gasteiger partial charge < -0.3 is 15.2 Å². The summed E-state index contributed by atoms with van der Waals surface area (Å²) in [4.78, 5) is 33.2. The number of carboxylic acid groups (broad SMARTS) is 1. The number of benzene rings is 1. The Hall–Kier alpha value is -3.43. The highest BCUT2D eigenvalue weighted by atomic mass is 16.6. The zero-order valence-electron chi connectivity index (χ0n) is 12.6. The van der Waals surface area contributed by atoms with Crippen molar-refractivity contribution in [2.24, 2.45) is 0 Å². The van der Waals surface area contributed by atoms with E-state index in [1.165, 1.54) is 24.4 Å². The number of nitrogens with one attached hydrogen (secondary N) is 1. The molecule has 1 heterocycles. The number of nitrogens with zero attached hydrogens (tertiary/aromatic N) is 3. The number of rotatable bonds is 7. The Morgan fingerprint density at radius 3 is 2.79 bits per heavy atom. The Morgan fingerprint density at radius 2 is 2.21 bits per heavy atom. The van der Waals surface area contributed by atoms with Crippen molar-refractivity contribution in [3.05, 3.63) is 46.3 Å². The van der Waals surface area contributed by atoms with Gasteiger partial charge in [0.1, 0.15) is 18.0 Å². The SMILES string of the molecule is CCOc1ccc(NC(=O)Cn2cc(C(=O)O)cn2)c([N+](=O)[O-])c1. The lowest BCUT2D eigenvalue weighted by Crippen LogP contribution is -2.19. The Morgan fingerprint density at radius 1 is 1.46 bits per heavy atom. The van der Waals surface area contributed by atoms with Gasteiger partial charge in [-0.3, -0.25) is 19.6 Å². The largest absolute Gasteiger partial charge is 0.494 e. The van der Waals surface area contributed by atoms with Crippen LogP contribution >= 0.6 is 0 Å². The fourth-order valence-electron chi connectivity index (χ4n) is 1.92. The number of hydrogen-bond donors (Lipinski definition) is 2. The normalized spacial score (nSPS) is 10.2. The molecule has 0 aliphatic carbocycles. The van der Waals surface area contributed by atoms with Gasteiger partial charge in [-0.05, 0) is 19.1 Å². The van der Waals surface area contributed by atoms with Gasteiger partial charge in [-0.1, -0.05) is 0 Å². The summed E-state index contributed by atoms with van der Waals surface area (Å²) < 4.78 is 6.31. The molecule has 0 unspecified atom stereocenters. The van der Waals surface area contributed by atoms with Crippen LogP contribution in [0.25, 0.3) is 0 Å². The molecule has 0 radical (unpaired) electrons. The number of carbonyl (C=O) groups is 2. The summed E-state index contributed by atoms with van der Waals surface area (Å²) in [5, 5.41) is 26.0. The molecule has 0 atom stereocenters.